The largest absolute Gasteiger partial charge is 0.337 e. The van der Waals surface area contributed by atoms with Gasteiger partial charge in [-0.3, -0.25) is 9.59 Å². The number of amides is 2. The minimum Gasteiger partial charge on any atom is -0.337 e. The molecular formula is C22H29ClN4O4S3. The lowest BCUT2D eigenvalue weighted by Gasteiger charge is -2.34. The Morgan fingerprint density at radius 1 is 1.12 bits per heavy atom. The van der Waals surface area contributed by atoms with Crippen LogP contribution in [0, 0.1) is 0 Å². The number of thiophene rings is 2. The third-order valence-electron chi connectivity index (χ3n) is 6.14. The van der Waals surface area contributed by atoms with Crippen molar-refractivity contribution in [2.75, 3.05) is 32.7 Å². The molecule has 2 fully saturated rings. The first-order chi connectivity index (χ1) is 16.3. The van der Waals surface area contributed by atoms with Crippen LogP contribution in [0.2, 0.25) is 4.34 Å². The van der Waals surface area contributed by atoms with E-state index in [1.54, 1.807) is 18.2 Å². The van der Waals surface area contributed by atoms with Crippen LogP contribution in [0.1, 0.15) is 32.6 Å². The summed E-state index contributed by atoms with van der Waals surface area (Å²) in [6, 6.07) is 6.19. The molecule has 0 bridgehead atoms. The summed E-state index contributed by atoms with van der Waals surface area (Å²) in [4.78, 5) is 31.1. The maximum absolute atomic E-state index is 13.1. The number of piperidine rings is 1. The summed E-state index contributed by atoms with van der Waals surface area (Å²) >= 11 is 8.52. The number of carbonyl (C=O) groups is 2. The number of nitrogens with zero attached hydrogens (tertiary/aromatic N) is 2. The lowest BCUT2D eigenvalue weighted by Crippen LogP contribution is -2.55. The summed E-state index contributed by atoms with van der Waals surface area (Å²) in [5.41, 5.74) is 0. The zero-order valence-corrected chi connectivity index (χ0v) is 22.2. The van der Waals surface area contributed by atoms with E-state index in [1.165, 1.54) is 16.2 Å². The van der Waals surface area contributed by atoms with Crippen LogP contribution in [0.15, 0.2) is 28.5 Å². The summed E-state index contributed by atoms with van der Waals surface area (Å²) in [5, 5.41) is 3.29. The van der Waals surface area contributed by atoms with Crippen LogP contribution in [0.4, 0.5) is 0 Å². The molecular weight excluding hydrogens is 516 g/mol. The molecule has 2 saturated heterocycles. The Morgan fingerprint density at radius 2 is 1.85 bits per heavy atom. The normalized spacial score (nSPS) is 21.4. The predicted octanol–water partition coefficient (Wildman–Crippen LogP) is 3.00. The highest BCUT2D eigenvalue weighted by Gasteiger charge is 2.36. The van der Waals surface area contributed by atoms with Crippen LogP contribution in [-0.4, -0.2) is 74.8 Å². The van der Waals surface area contributed by atoms with Crippen molar-refractivity contribution in [2.45, 2.75) is 48.9 Å². The van der Waals surface area contributed by atoms with Crippen LogP contribution in [0.5, 0.6) is 0 Å². The Kier molecular flexibility index (Phi) is 8.32. The van der Waals surface area contributed by atoms with Crippen molar-refractivity contribution in [3.8, 4) is 9.75 Å². The average molecular weight is 545 g/mol. The number of rotatable bonds is 9. The molecule has 0 aliphatic carbocycles. The van der Waals surface area contributed by atoms with Crippen LogP contribution in [0.25, 0.3) is 9.75 Å². The molecule has 2 unspecified atom stereocenters. The van der Waals surface area contributed by atoms with E-state index in [9.17, 15) is 18.0 Å². The minimum atomic E-state index is -3.87. The van der Waals surface area contributed by atoms with E-state index in [4.69, 9.17) is 11.6 Å². The van der Waals surface area contributed by atoms with E-state index >= 15 is 0 Å². The fraction of sp³-hybridized carbons (Fsp3) is 0.545. The number of carbonyl (C=O) groups excluding carboxylic acids is 2. The van der Waals surface area contributed by atoms with Crippen molar-refractivity contribution >= 4 is 56.1 Å². The van der Waals surface area contributed by atoms with E-state index in [2.05, 4.69) is 10.0 Å². The monoisotopic (exact) mass is 544 g/mol. The van der Waals surface area contributed by atoms with E-state index in [1.807, 2.05) is 17.9 Å². The number of likely N-dealkylation sites (tertiary alicyclic amines) is 2. The standard InChI is InChI=1S/C22H29ClN4O4S3/c1-2-24-13-15-5-3-12-27(15)20(28)14-26-11-4-6-16(22(26)29)25-34(30,31)21-10-8-18(33-21)17-7-9-19(23)32-17/h7-10,15-16,24-25H,2-6,11-14H2,1H3. The SMILES string of the molecule is CCNCC1CCCN1C(=O)CN1CCCC(NS(=O)(=O)c2ccc(-c3ccc(Cl)s3)s2)C1=O. The minimum absolute atomic E-state index is 0.0119. The van der Waals surface area contributed by atoms with E-state index < -0.39 is 16.1 Å². The van der Waals surface area contributed by atoms with E-state index in [-0.39, 0.29) is 28.6 Å². The third kappa shape index (κ3) is 5.83. The second kappa shape index (κ2) is 11.0. The molecule has 2 aliphatic rings. The summed E-state index contributed by atoms with van der Waals surface area (Å²) < 4.78 is 29.4. The molecule has 8 nitrogen and oxygen atoms in total. The van der Waals surface area contributed by atoms with Crippen LogP contribution >= 0.6 is 34.3 Å². The van der Waals surface area contributed by atoms with Crippen molar-refractivity contribution in [2.24, 2.45) is 0 Å². The van der Waals surface area contributed by atoms with Crippen molar-refractivity contribution in [1.29, 1.82) is 0 Å². The first kappa shape index (κ1) is 25.6. The molecule has 0 aromatic carbocycles. The van der Waals surface area contributed by atoms with E-state index in [0.29, 0.717) is 30.3 Å². The summed E-state index contributed by atoms with van der Waals surface area (Å²) in [6.07, 6.45) is 2.96. The van der Waals surface area contributed by atoms with Crippen molar-refractivity contribution in [1.82, 2.24) is 19.8 Å². The van der Waals surface area contributed by atoms with Gasteiger partial charge in [-0.15, -0.1) is 22.7 Å². The highest BCUT2D eigenvalue weighted by atomic mass is 35.5. The van der Waals surface area contributed by atoms with Crippen LogP contribution in [-0.2, 0) is 19.6 Å². The number of halogens is 1. The predicted molar refractivity (Wildman–Crippen MR) is 136 cm³/mol. The summed E-state index contributed by atoms with van der Waals surface area (Å²) in [6.45, 7) is 4.77. The van der Waals surface area contributed by atoms with Gasteiger partial charge in [0.15, 0.2) is 0 Å². The Morgan fingerprint density at radius 3 is 2.59 bits per heavy atom. The van der Waals surface area contributed by atoms with Gasteiger partial charge in [0.05, 0.1) is 10.9 Å². The average Bonchev–Trinajstić information content (AvgIpc) is 3.55. The molecule has 4 rings (SSSR count). The number of hydrogen-bond acceptors (Lipinski definition) is 7. The van der Waals surface area contributed by atoms with Gasteiger partial charge in [-0.25, -0.2) is 8.42 Å². The zero-order valence-electron chi connectivity index (χ0n) is 19.0. The maximum Gasteiger partial charge on any atom is 0.250 e. The number of sulfonamides is 1. The molecule has 4 heterocycles. The highest BCUT2D eigenvalue weighted by Crippen LogP contribution is 2.36. The van der Waals surface area contributed by atoms with Crippen molar-refractivity contribution in [3.05, 3.63) is 28.6 Å². The molecule has 2 aliphatic heterocycles. The fourth-order valence-corrected chi connectivity index (χ4v) is 8.12. The Hall–Kier alpha value is -1.50. The second-order valence-electron chi connectivity index (χ2n) is 8.49. The number of hydrogen-bond donors (Lipinski definition) is 2. The molecule has 0 radical (unpaired) electrons. The molecule has 2 amide bonds. The molecule has 2 N–H and O–H groups in total. The van der Waals surface area contributed by atoms with Gasteiger partial charge in [0, 0.05) is 35.4 Å². The smallest absolute Gasteiger partial charge is 0.250 e. The molecule has 2 atom stereocenters. The molecule has 34 heavy (non-hydrogen) atoms. The topological polar surface area (TPSA) is 98.8 Å². The lowest BCUT2D eigenvalue weighted by molar-refractivity contribution is -0.143. The first-order valence-electron chi connectivity index (χ1n) is 11.5. The summed E-state index contributed by atoms with van der Waals surface area (Å²) in [5.74, 6) is -0.415. The molecule has 0 spiro atoms. The van der Waals surface area contributed by atoms with Gasteiger partial charge in [-0.1, -0.05) is 18.5 Å². The van der Waals surface area contributed by atoms with Gasteiger partial charge in [-0.05, 0) is 56.5 Å². The Balaban J connectivity index is 1.39. The van der Waals surface area contributed by atoms with Gasteiger partial charge in [0.2, 0.25) is 11.8 Å². The van der Waals surface area contributed by atoms with Gasteiger partial charge in [-0.2, -0.15) is 4.72 Å². The van der Waals surface area contributed by atoms with E-state index in [0.717, 1.165) is 47.0 Å². The molecule has 2 aromatic rings. The second-order valence-corrected chi connectivity index (χ2v) is 13.2. The number of likely N-dealkylation sites (N-methyl/N-ethyl adjacent to an activating group) is 1. The van der Waals surface area contributed by atoms with Crippen molar-refractivity contribution < 1.29 is 18.0 Å². The van der Waals surface area contributed by atoms with Crippen LogP contribution in [0.3, 0.4) is 0 Å². The summed E-state index contributed by atoms with van der Waals surface area (Å²) in [7, 11) is -3.87. The number of nitrogens with one attached hydrogen (secondary N) is 2. The zero-order chi connectivity index (χ0) is 24.3. The van der Waals surface area contributed by atoms with Crippen LogP contribution < -0.4 is 10.0 Å². The molecule has 0 saturated carbocycles. The third-order valence-corrected chi connectivity index (χ3v) is 10.6. The first-order valence-corrected chi connectivity index (χ1v) is 14.9. The molecule has 12 heteroatoms. The van der Waals surface area contributed by atoms with Crippen molar-refractivity contribution in [3.63, 3.8) is 0 Å². The lowest BCUT2D eigenvalue weighted by atomic mass is 10.1. The van der Waals surface area contributed by atoms with Gasteiger partial charge < -0.3 is 15.1 Å². The Labute approximate surface area is 213 Å². The molecule has 186 valence electrons. The molecule has 2 aromatic heterocycles. The fourth-order valence-electron chi connectivity index (χ4n) is 4.44. The van der Waals surface area contributed by atoms with Gasteiger partial charge >= 0.3 is 0 Å². The Bertz CT molecular complexity index is 1130. The van der Waals surface area contributed by atoms with Gasteiger partial charge in [0.25, 0.3) is 10.0 Å². The quantitative estimate of drug-likeness (QED) is 0.505. The highest BCUT2D eigenvalue weighted by molar-refractivity contribution is 7.91. The maximum atomic E-state index is 13.1. The van der Waals surface area contributed by atoms with Gasteiger partial charge in [0.1, 0.15) is 10.3 Å².